The first-order valence-electron chi connectivity index (χ1n) is 14.3. The van der Waals surface area contributed by atoms with Crippen LogP contribution in [-0.2, 0) is 26.2 Å². The Kier molecular flexibility index (Phi) is 10.9. The van der Waals surface area contributed by atoms with Gasteiger partial charge in [-0.3, -0.25) is 13.9 Å². The summed E-state index contributed by atoms with van der Waals surface area (Å²) in [7, 11) is -1.38. The highest BCUT2D eigenvalue weighted by molar-refractivity contribution is 7.92. The minimum absolute atomic E-state index is 0.00264. The van der Waals surface area contributed by atoms with Crippen LogP contribution in [0.5, 0.6) is 11.5 Å². The predicted octanol–water partition coefficient (Wildman–Crippen LogP) is 5.42. The number of hydrogen-bond donors (Lipinski definition) is 1. The minimum Gasteiger partial charge on any atom is -0.497 e. The molecule has 230 valence electrons. The van der Waals surface area contributed by atoms with E-state index in [2.05, 4.69) is 5.32 Å². The molecule has 9 nitrogen and oxygen atoms in total. The minimum atomic E-state index is -4.26. The lowest BCUT2D eigenvalue weighted by molar-refractivity contribution is -0.139. The van der Waals surface area contributed by atoms with Crippen LogP contribution in [0.2, 0.25) is 5.02 Å². The third kappa shape index (κ3) is 8.00. The highest BCUT2D eigenvalue weighted by Gasteiger charge is 2.34. The summed E-state index contributed by atoms with van der Waals surface area (Å²) in [6.07, 6.45) is 5.00. The molecule has 0 aromatic heterocycles. The van der Waals surface area contributed by atoms with Crippen LogP contribution in [0.25, 0.3) is 0 Å². The average molecular weight is 628 g/mol. The fraction of sp³-hybridized carbons (Fsp3) is 0.375. The maximum atomic E-state index is 14.2. The Morgan fingerprint density at radius 3 is 2.33 bits per heavy atom. The van der Waals surface area contributed by atoms with E-state index in [9.17, 15) is 18.0 Å². The third-order valence-electron chi connectivity index (χ3n) is 7.63. The molecular formula is C32H38ClN3O6S. The molecule has 1 fully saturated rings. The molecule has 1 N–H and O–H groups in total. The molecule has 0 bridgehead atoms. The normalized spacial score (nSPS) is 14.4. The van der Waals surface area contributed by atoms with E-state index < -0.39 is 28.5 Å². The molecule has 1 aliphatic carbocycles. The molecule has 1 saturated carbocycles. The molecule has 3 aromatic rings. The van der Waals surface area contributed by atoms with Gasteiger partial charge in [0.05, 0.1) is 24.8 Å². The first-order valence-corrected chi connectivity index (χ1v) is 16.1. The van der Waals surface area contributed by atoms with Gasteiger partial charge in [0.25, 0.3) is 10.0 Å². The molecule has 11 heteroatoms. The van der Waals surface area contributed by atoms with Gasteiger partial charge < -0.3 is 19.7 Å². The largest absolute Gasteiger partial charge is 0.497 e. The number of nitrogens with one attached hydrogen (secondary N) is 1. The van der Waals surface area contributed by atoms with Gasteiger partial charge in [0.2, 0.25) is 11.8 Å². The Morgan fingerprint density at radius 1 is 0.953 bits per heavy atom. The van der Waals surface area contributed by atoms with Gasteiger partial charge in [-0.15, -0.1) is 0 Å². The van der Waals surface area contributed by atoms with Crippen molar-refractivity contribution in [3.63, 3.8) is 0 Å². The van der Waals surface area contributed by atoms with Crippen LogP contribution in [0.1, 0.15) is 44.6 Å². The zero-order valence-corrected chi connectivity index (χ0v) is 26.2. The first-order chi connectivity index (χ1) is 20.6. The van der Waals surface area contributed by atoms with E-state index in [4.69, 9.17) is 21.1 Å². The Hall–Kier alpha value is -3.76. The Labute approximate surface area is 258 Å². The van der Waals surface area contributed by atoms with Gasteiger partial charge in [0, 0.05) is 23.7 Å². The van der Waals surface area contributed by atoms with Crippen LogP contribution in [0.15, 0.2) is 77.7 Å². The smallest absolute Gasteiger partial charge is 0.264 e. The quantitative estimate of drug-likeness (QED) is 0.288. The van der Waals surface area contributed by atoms with E-state index in [1.165, 1.54) is 37.3 Å². The van der Waals surface area contributed by atoms with Crippen molar-refractivity contribution in [1.82, 2.24) is 10.2 Å². The first kappa shape index (κ1) is 32.2. The molecule has 0 unspecified atom stereocenters. The van der Waals surface area contributed by atoms with Gasteiger partial charge in [-0.25, -0.2) is 8.42 Å². The number of sulfonamides is 1. The van der Waals surface area contributed by atoms with Gasteiger partial charge in [0.1, 0.15) is 24.1 Å². The molecule has 0 radical (unpaired) electrons. The Bertz CT molecular complexity index is 1510. The van der Waals surface area contributed by atoms with Gasteiger partial charge in [-0.2, -0.15) is 0 Å². The van der Waals surface area contributed by atoms with Crippen LogP contribution in [0.4, 0.5) is 5.69 Å². The van der Waals surface area contributed by atoms with Crippen molar-refractivity contribution >= 4 is 39.1 Å². The summed E-state index contributed by atoms with van der Waals surface area (Å²) in [6, 6.07) is 18.7. The molecule has 0 aliphatic heterocycles. The summed E-state index contributed by atoms with van der Waals surface area (Å²) in [5, 5.41) is 3.58. The van der Waals surface area contributed by atoms with Crippen LogP contribution in [0, 0.1) is 0 Å². The summed E-state index contributed by atoms with van der Waals surface area (Å²) >= 11 is 6.24. The van der Waals surface area contributed by atoms with Gasteiger partial charge in [-0.1, -0.05) is 61.2 Å². The monoisotopic (exact) mass is 627 g/mol. The second-order valence-electron chi connectivity index (χ2n) is 10.5. The number of halogens is 1. The number of anilines is 1. The Balaban J connectivity index is 1.73. The van der Waals surface area contributed by atoms with E-state index in [0.717, 1.165) is 36.4 Å². The van der Waals surface area contributed by atoms with Crippen molar-refractivity contribution in [3.05, 3.63) is 83.4 Å². The second-order valence-corrected chi connectivity index (χ2v) is 12.8. The number of hydrogen-bond acceptors (Lipinski definition) is 6. The lowest BCUT2D eigenvalue weighted by atomic mass is 9.95. The highest BCUT2D eigenvalue weighted by atomic mass is 35.5. The molecule has 1 aliphatic rings. The van der Waals surface area contributed by atoms with Crippen molar-refractivity contribution in [2.75, 3.05) is 25.1 Å². The van der Waals surface area contributed by atoms with E-state index in [-0.39, 0.29) is 34.8 Å². The summed E-state index contributed by atoms with van der Waals surface area (Å²) in [4.78, 5) is 29.1. The van der Waals surface area contributed by atoms with Crippen LogP contribution < -0.4 is 19.1 Å². The molecule has 1 atom stereocenters. The average Bonchev–Trinajstić information content (AvgIpc) is 3.02. The van der Waals surface area contributed by atoms with E-state index in [0.29, 0.717) is 16.3 Å². The summed E-state index contributed by atoms with van der Waals surface area (Å²) < 4.78 is 40.1. The van der Waals surface area contributed by atoms with E-state index >= 15 is 0 Å². The molecule has 2 amide bonds. The number of carbonyl (C=O) groups is 2. The highest BCUT2D eigenvalue weighted by Crippen LogP contribution is 2.36. The summed E-state index contributed by atoms with van der Waals surface area (Å²) in [6.45, 7) is 1.11. The molecule has 4 rings (SSSR count). The SMILES string of the molecule is COc1ccc(OC)c(N(CC(=O)N(Cc2cccc(Cl)c2)[C@H](C)C(=O)NC2CCCCC2)S(=O)(=O)c2ccccc2)c1. The molecule has 0 spiro atoms. The van der Waals surface area contributed by atoms with Crippen molar-refractivity contribution in [3.8, 4) is 11.5 Å². The molecule has 43 heavy (non-hydrogen) atoms. The fourth-order valence-electron chi connectivity index (χ4n) is 5.21. The molecular weight excluding hydrogens is 590 g/mol. The number of benzene rings is 3. The van der Waals surface area contributed by atoms with Gasteiger partial charge in [-0.05, 0) is 61.7 Å². The maximum Gasteiger partial charge on any atom is 0.264 e. The fourth-order valence-corrected chi connectivity index (χ4v) is 6.86. The van der Waals surface area contributed by atoms with Crippen molar-refractivity contribution in [2.45, 2.75) is 62.6 Å². The third-order valence-corrected chi connectivity index (χ3v) is 9.63. The van der Waals surface area contributed by atoms with Crippen molar-refractivity contribution in [1.29, 1.82) is 0 Å². The number of nitrogens with zero attached hydrogens (tertiary/aromatic N) is 2. The topological polar surface area (TPSA) is 105 Å². The molecule has 3 aromatic carbocycles. The lowest BCUT2D eigenvalue weighted by Gasteiger charge is -2.33. The summed E-state index contributed by atoms with van der Waals surface area (Å²) in [5.41, 5.74) is 0.829. The van der Waals surface area contributed by atoms with E-state index in [1.54, 1.807) is 55.5 Å². The molecule has 0 saturated heterocycles. The number of methoxy groups -OCH3 is 2. The van der Waals surface area contributed by atoms with Crippen LogP contribution in [0.3, 0.4) is 0 Å². The lowest BCUT2D eigenvalue weighted by Crippen LogP contribution is -2.53. The van der Waals surface area contributed by atoms with Gasteiger partial charge in [0.15, 0.2) is 0 Å². The standard InChI is InChI=1S/C32H38ClN3O6S/c1-23(32(38)34-26-13-6-4-7-14-26)35(21-24-11-10-12-25(33)19-24)31(37)22-36(43(39,40)28-15-8-5-9-16-28)29-20-27(41-2)17-18-30(29)42-3/h5,8-12,15-20,23,26H,4,6-7,13-14,21-22H2,1-3H3,(H,34,38)/t23-/m1/s1. The van der Waals surface area contributed by atoms with E-state index in [1.807, 2.05) is 6.07 Å². The Morgan fingerprint density at radius 2 is 1.67 bits per heavy atom. The number of rotatable bonds is 12. The second kappa shape index (κ2) is 14.6. The predicted molar refractivity (Wildman–Crippen MR) is 167 cm³/mol. The zero-order valence-electron chi connectivity index (χ0n) is 24.7. The maximum absolute atomic E-state index is 14.2. The number of amides is 2. The summed E-state index contributed by atoms with van der Waals surface area (Å²) in [5.74, 6) is -0.250. The van der Waals surface area contributed by atoms with Crippen LogP contribution >= 0.6 is 11.6 Å². The number of carbonyl (C=O) groups excluding carboxylic acids is 2. The van der Waals surface area contributed by atoms with Crippen molar-refractivity contribution < 1.29 is 27.5 Å². The van der Waals surface area contributed by atoms with Crippen LogP contribution in [-0.4, -0.2) is 58.0 Å². The van der Waals surface area contributed by atoms with Crippen molar-refractivity contribution in [2.24, 2.45) is 0 Å². The van der Waals surface area contributed by atoms with Gasteiger partial charge >= 0.3 is 0 Å². The zero-order chi connectivity index (χ0) is 31.0. The molecule has 0 heterocycles. The number of ether oxygens (including phenoxy) is 2.